The Bertz CT molecular complexity index is 900. The molecule has 0 unspecified atom stereocenters. The highest BCUT2D eigenvalue weighted by atomic mass is 32.1. The van der Waals surface area contributed by atoms with Gasteiger partial charge in [0.25, 0.3) is 5.91 Å². The van der Waals surface area contributed by atoms with E-state index in [0.29, 0.717) is 5.92 Å². The van der Waals surface area contributed by atoms with E-state index in [-0.39, 0.29) is 5.91 Å². The molecule has 2 aromatic heterocycles. The van der Waals surface area contributed by atoms with Crippen molar-refractivity contribution >= 4 is 17.2 Å². The molecule has 1 aliphatic rings. The van der Waals surface area contributed by atoms with Gasteiger partial charge in [0.1, 0.15) is 9.88 Å². The topological polar surface area (TPSA) is 46.1 Å². The fourth-order valence-corrected chi connectivity index (χ4v) is 4.64. The summed E-state index contributed by atoms with van der Waals surface area (Å²) in [6.45, 7) is 3.57. The predicted octanol–water partition coefficient (Wildman–Crippen LogP) is 4.61. The molecule has 1 saturated heterocycles. The third-order valence-electron chi connectivity index (χ3n) is 5.14. The number of thiazole rings is 1. The molecule has 4 nitrogen and oxygen atoms in total. The van der Waals surface area contributed by atoms with Crippen molar-refractivity contribution in [3.8, 4) is 10.7 Å². The average molecular weight is 378 g/mol. The molecule has 1 aliphatic heterocycles. The second-order valence-corrected chi connectivity index (χ2v) is 8.07. The Morgan fingerprint density at radius 2 is 1.85 bits per heavy atom. The van der Waals surface area contributed by atoms with Crippen molar-refractivity contribution in [2.24, 2.45) is 5.92 Å². The summed E-state index contributed by atoms with van der Waals surface area (Å²) in [6, 6.07) is 16.4. The SMILES string of the molecule is Cc1nc(-c2ccccn2)sc1C(=O)N1CCC(Cc2ccccc2)CC1. The van der Waals surface area contributed by atoms with Crippen molar-refractivity contribution < 1.29 is 4.79 Å². The van der Waals surface area contributed by atoms with Gasteiger partial charge in [-0.3, -0.25) is 9.78 Å². The van der Waals surface area contributed by atoms with Crippen LogP contribution in [0.4, 0.5) is 0 Å². The highest BCUT2D eigenvalue weighted by molar-refractivity contribution is 7.17. The zero-order valence-corrected chi connectivity index (χ0v) is 16.3. The predicted molar refractivity (Wildman–Crippen MR) is 109 cm³/mol. The molecule has 5 heteroatoms. The van der Waals surface area contributed by atoms with Crippen molar-refractivity contribution in [1.29, 1.82) is 0 Å². The molecule has 0 spiro atoms. The molecule has 0 N–H and O–H groups in total. The standard InChI is InChI=1S/C22H23N3OS/c1-16-20(27-21(24-16)19-9-5-6-12-23-19)22(26)25-13-10-18(11-14-25)15-17-7-3-2-4-8-17/h2-9,12,18H,10-11,13-15H2,1H3. The number of aromatic nitrogens is 2. The van der Waals surface area contributed by atoms with Crippen LogP contribution in [0.25, 0.3) is 10.7 Å². The summed E-state index contributed by atoms with van der Waals surface area (Å²) in [6.07, 6.45) is 4.98. The van der Waals surface area contributed by atoms with Crippen LogP contribution in [0.1, 0.15) is 33.8 Å². The monoisotopic (exact) mass is 377 g/mol. The van der Waals surface area contributed by atoms with Gasteiger partial charge in [-0.2, -0.15) is 0 Å². The van der Waals surface area contributed by atoms with E-state index in [4.69, 9.17) is 0 Å². The number of carbonyl (C=O) groups is 1. The van der Waals surface area contributed by atoms with Crippen LogP contribution < -0.4 is 0 Å². The van der Waals surface area contributed by atoms with E-state index in [2.05, 4.69) is 40.3 Å². The van der Waals surface area contributed by atoms with E-state index in [1.54, 1.807) is 6.20 Å². The zero-order valence-electron chi connectivity index (χ0n) is 15.5. The number of rotatable bonds is 4. The molecule has 4 rings (SSSR count). The maximum atomic E-state index is 13.0. The Kier molecular flexibility index (Phi) is 5.30. The summed E-state index contributed by atoms with van der Waals surface area (Å²) in [5.74, 6) is 0.772. The van der Waals surface area contributed by atoms with E-state index in [1.807, 2.05) is 30.0 Å². The molecule has 27 heavy (non-hydrogen) atoms. The van der Waals surface area contributed by atoms with E-state index in [9.17, 15) is 4.79 Å². The van der Waals surface area contributed by atoms with Gasteiger partial charge in [-0.15, -0.1) is 11.3 Å². The Labute approximate surface area is 163 Å². The van der Waals surface area contributed by atoms with E-state index < -0.39 is 0 Å². The lowest BCUT2D eigenvalue weighted by atomic mass is 9.90. The van der Waals surface area contributed by atoms with E-state index in [1.165, 1.54) is 16.9 Å². The molecule has 0 atom stereocenters. The lowest BCUT2D eigenvalue weighted by Gasteiger charge is -2.32. The zero-order chi connectivity index (χ0) is 18.6. The first-order valence-electron chi connectivity index (χ1n) is 9.43. The average Bonchev–Trinajstić information content (AvgIpc) is 3.11. The smallest absolute Gasteiger partial charge is 0.265 e. The minimum Gasteiger partial charge on any atom is -0.338 e. The van der Waals surface area contributed by atoms with Crippen molar-refractivity contribution in [2.45, 2.75) is 26.2 Å². The maximum Gasteiger partial charge on any atom is 0.265 e. The third-order valence-corrected chi connectivity index (χ3v) is 6.31. The first-order valence-corrected chi connectivity index (χ1v) is 10.2. The highest BCUT2D eigenvalue weighted by Crippen LogP contribution is 2.29. The molecule has 1 aromatic carbocycles. The number of benzene rings is 1. The minimum atomic E-state index is 0.116. The second kappa shape index (κ2) is 8.01. The van der Waals surface area contributed by atoms with Gasteiger partial charge in [-0.05, 0) is 49.8 Å². The van der Waals surface area contributed by atoms with Crippen molar-refractivity contribution in [3.05, 3.63) is 70.9 Å². The van der Waals surface area contributed by atoms with Crippen LogP contribution in [-0.2, 0) is 6.42 Å². The van der Waals surface area contributed by atoms with Crippen LogP contribution >= 0.6 is 11.3 Å². The van der Waals surface area contributed by atoms with Crippen LogP contribution in [0.5, 0.6) is 0 Å². The Morgan fingerprint density at radius 1 is 1.11 bits per heavy atom. The molecule has 3 aromatic rings. The quantitative estimate of drug-likeness (QED) is 0.667. The van der Waals surface area contributed by atoms with Gasteiger partial charge in [0.05, 0.1) is 11.4 Å². The Balaban J connectivity index is 1.40. The lowest BCUT2D eigenvalue weighted by Crippen LogP contribution is -2.38. The maximum absolute atomic E-state index is 13.0. The number of amides is 1. The summed E-state index contributed by atoms with van der Waals surface area (Å²) in [5.41, 5.74) is 3.02. The van der Waals surface area contributed by atoms with Crippen LogP contribution in [0.15, 0.2) is 54.7 Å². The fourth-order valence-electron chi connectivity index (χ4n) is 3.62. The number of nitrogens with zero attached hydrogens (tertiary/aromatic N) is 3. The van der Waals surface area contributed by atoms with Crippen LogP contribution in [-0.4, -0.2) is 33.9 Å². The number of hydrogen-bond acceptors (Lipinski definition) is 4. The van der Waals surface area contributed by atoms with Crippen LogP contribution in [0, 0.1) is 12.8 Å². The number of piperidine rings is 1. The number of likely N-dealkylation sites (tertiary alicyclic amines) is 1. The molecule has 138 valence electrons. The van der Waals surface area contributed by atoms with Gasteiger partial charge in [0.15, 0.2) is 0 Å². The summed E-state index contributed by atoms with van der Waals surface area (Å²) < 4.78 is 0. The Hall–Kier alpha value is -2.53. The number of hydrogen-bond donors (Lipinski definition) is 0. The first kappa shape index (κ1) is 17.9. The lowest BCUT2D eigenvalue weighted by molar-refractivity contribution is 0.0694. The molecule has 3 heterocycles. The van der Waals surface area contributed by atoms with Gasteiger partial charge < -0.3 is 4.90 Å². The first-order chi connectivity index (χ1) is 13.2. The summed E-state index contributed by atoms with van der Waals surface area (Å²) in [7, 11) is 0. The third kappa shape index (κ3) is 4.08. The van der Waals surface area contributed by atoms with Crippen molar-refractivity contribution in [2.75, 3.05) is 13.1 Å². The highest BCUT2D eigenvalue weighted by Gasteiger charge is 2.26. The van der Waals surface area contributed by atoms with Crippen LogP contribution in [0.2, 0.25) is 0 Å². The van der Waals surface area contributed by atoms with Gasteiger partial charge in [-0.1, -0.05) is 36.4 Å². The van der Waals surface area contributed by atoms with E-state index in [0.717, 1.165) is 53.6 Å². The molecule has 0 saturated carbocycles. The van der Waals surface area contributed by atoms with Gasteiger partial charge in [0, 0.05) is 19.3 Å². The molecule has 1 amide bonds. The number of carbonyl (C=O) groups excluding carboxylic acids is 1. The Morgan fingerprint density at radius 3 is 2.56 bits per heavy atom. The minimum absolute atomic E-state index is 0.116. The summed E-state index contributed by atoms with van der Waals surface area (Å²) >= 11 is 1.45. The largest absolute Gasteiger partial charge is 0.338 e. The fraction of sp³-hybridized carbons (Fsp3) is 0.318. The van der Waals surface area contributed by atoms with Gasteiger partial charge in [0.2, 0.25) is 0 Å². The van der Waals surface area contributed by atoms with Crippen molar-refractivity contribution in [1.82, 2.24) is 14.9 Å². The van der Waals surface area contributed by atoms with E-state index >= 15 is 0 Å². The van der Waals surface area contributed by atoms with Gasteiger partial charge in [-0.25, -0.2) is 4.98 Å². The summed E-state index contributed by atoms with van der Waals surface area (Å²) in [5, 5.41) is 0.815. The van der Waals surface area contributed by atoms with Crippen LogP contribution in [0.3, 0.4) is 0 Å². The molecule has 0 bridgehead atoms. The normalized spacial score (nSPS) is 15.1. The van der Waals surface area contributed by atoms with Crippen molar-refractivity contribution in [3.63, 3.8) is 0 Å². The second-order valence-electron chi connectivity index (χ2n) is 7.07. The number of pyridine rings is 1. The molecular weight excluding hydrogens is 354 g/mol. The molecule has 1 fully saturated rings. The van der Waals surface area contributed by atoms with Gasteiger partial charge >= 0.3 is 0 Å². The molecule has 0 aliphatic carbocycles. The molecule has 0 radical (unpaired) electrons. The summed E-state index contributed by atoms with van der Waals surface area (Å²) in [4.78, 5) is 24.7. The number of aryl methyl sites for hydroxylation is 1. The molecular formula is C22H23N3OS.